The quantitative estimate of drug-likeness (QED) is 0.781. The van der Waals surface area contributed by atoms with Crippen molar-refractivity contribution in [1.82, 2.24) is 0 Å². The maximum absolute atomic E-state index is 5.75. The second-order valence-corrected chi connectivity index (χ2v) is 3.50. The minimum absolute atomic E-state index is 0.425. The fourth-order valence-corrected chi connectivity index (χ4v) is 1.89. The molecule has 0 saturated carbocycles. The normalized spacial score (nSPS) is 9.85. The molecule has 0 aliphatic carbocycles. The second-order valence-electron chi connectivity index (χ2n) is 2.44. The van der Waals surface area contributed by atoms with Crippen LogP contribution in [0.1, 0.15) is 5.56 Å². The van der Waals surface area contributed by atoms with Crippen LogP contribution in [0.4, 0.5) is 0 Å². The zero-order valence-corrected chi connectivity index (χ0v) is 9.78. The van der Waals surface area contributed by atoms with Crippen LogP contribution in [0.2, 0.25) is 0 Å². The fourth-order valence-electron chi connectivity index (χ4n) is 0.991. The van der Waals surface area contributed by atoms with E-state index in [2.05, 4.69) is 15.9 Å². The van der Waals surface area contributed by atoms with E-state index >= 15 is 0 Å². The predicted molar refractivity (Wildman–Crippen MR) is 56.8 cm³/mol. The van der Waals surface area contributed by atoms with Crippen LogP contribution in [0.5, 0.6) is 11.5 Å². The highest BCUT2D eigenvalue weighted by Gasteiger charge is 2.08. The van der Waals surface area contributed by atoms with Crippen molar-refractivity contribution >= 4 is 27.5 Å². The molecule has 1 rings (SSSR count). The van der Waals surface area contributed by atoms with E-state index in [-0.39, 0.29) is 0 Å². The van der Waals surface area contributed by atoms with Crippen molar-refractivity contribution in [2.75, 3.05) is 14.2 Å². The average molecular weight is 266 g/mol. The van der Waals surface area contributed by atoms with Crippen molar-refractivity contribution in [2.24, 2.45) is 0 Å². The smallest absolute Gasteiger partial charge is 0.137 e. The van der Waals surface area contributed by atoms with Gasteiger partial charge in [-0.1, -0.05) is 0 Å². The lowest BCUT2D eigenvalue weighted by Gasteiger charge is -2.09. The van der Waals surface area contributed by atoms with Crippen molar-refractivity contribution in [2.45, 2.75) is 5.88 Å². The van der Waals surface area contributed by atoms with Crippen LogP contribution in [0.3, 0.4) is 0 Å². The summed E-state index contributed by atoms with van der Waals surface area (Å²) in [5.74, 6) is 1.90. The van der Waals surface area contributed by atoms with Gasteiger partial charge < -0.3 is 9.47 Å². The molecule has 0 atom stereocenters. The first-order chi connectivity index (χ1) is 6.22. The highest BCUT2D eigenvalue weighted by Crippen LogP contribution is 2.33. The lowest BCUT2D eigenvalue weighted by atomic mass is 10.2. The van der Waals surface area contributed by atoms with Gasteiger partial charge in [-0.3, -0.25) is 0 Å². The Morgan fingerprint density at radius 1 is 1.31 bits per heavy atom. The summed E-state index contributed by atoms with van der Waals surface area (Å²) >= 11 is 9.15. The molecule has 72 valence electrons. The number of methoxy groups -OCH3 is 2. The zero-order valence-electron chi connectivity index (χ0n) is 7.43. The minimum atomic E-state index is 0.425. The molecule has 0 radical (unpaired) electrons. The summed E-state index contributed by atoms with van der Waals surface area (Å²) in [5.41, 5.74) is 0.956. The molecule has 2 nitrogen and oxygen atoms in total. The fraction of sp³-hybridized carbons (Fsp3) is 0.333. The molecule has 1 aromatic carbocycles. The van der Waals surface area contributed by atoms with Gasteiger partial charge in [0.05, 0.1) is 18.7 Å². The van der Waals surface area contributed by atoms with Gasteiger partial charge in [0, 0.05) is 11.9 Å². The molecule has 0 spiro atoms. The van der Waals surface area contributed by atoms with Crippen LogP contribution in [0.15, 0.2) is 16.6 Å². The van der Waals surface area contributed by atoms with Crippen molar-refractivity contribution in [3.05, 3.63) is 22.2 Å². The van der Waals surface area contributed by atoms with E-state index in [1.54, 1.807) is 20.3 Å². The van der Waals surface area contributed by atoms with Gasteiger partial charge >= 0.3 is 0 Å². The largest absolute Gasteiger partial charge is 0.497 e. The average Bonchev–Trinajstić information content (AvgIpc) is 2.18. The molecular formula is C9H10BrClO2. The first-order valence-electron chi connectivity index (χ1n) is 3.69. The van der Waals surface area contributed by atoms with E-state index in [4.69, 9.17) is 21.1 Å². The first kappa shape index (κ1) is 10.7. The van der Waals surface area contributed by atoms with Gasteiger partial charge in [-0.25, -0.2) is 0 Å². The van der Waals surface area contributed by atoms with E-state index in [0.717, 1.165) is 21.5 Å². The Kier molecular flexibility index (Phi) is 3.88. The highest BCUT2D eigenvalue weighted by molar-refractivity contribution is 9.10. The monoisotopic (exact) mass is 264 g/mol. The minimum Gasteiger partial charge on any atom is -0.497 e. The van der Waals surface area contributed by atoms with Crippen molar-refractivity contribution in [3.63, 3.8) is 0 Å². The molecule has 0 heterocycles. The summed E-state index contributed by atoms with van der Waals surface area (Å²) in [7, 11) is 3.22. The molecular weight excluding hydrogens is 255 g/mol. The molecule has 1 aromatic rings. The lowest BCUT2D eigenvalue weighted by Crippen LogP contribution is -1.91. The number of hydrogen-bond acceptors (Lipinski definition) is 2. The maximum atomic E-state index is 5.75. The molecule has 0 unspecified atom stereocenters. The molecule has 0 fully saturated rings. The van der Waals surface area contributed by atoms with Crippen molar-refractivity contribution in [3.8, 4) is 11.5 Å². The van der Waals surface area contributed by atoms with Gasteiger partial charge in [0.25, 0.3) is 0 Å². The van der Waals surface area contributed by atoms with Gasteiger partial charge in [0.15, 0.2) is 0 Å². The zero-order chi connectivity index (χ0) is 9.84. The molecule has 0 amide bonds. The molecule has 0 aromatic heterocycles. The third-order valence-corrected chi connectivity index (χ3v) is 2.88. The molecule has 0 bridgehead atoms. The molecule has 13 heavy (non-hydrogen) atoms. The van der Waals surface area contributed by atoms with Crippen LogP contribution in [0.25, 0.3) is 0 Å². The summed E-state index contributed by atoms with van der Waals surface area (Å²) in [6.07, 6.45) is 0. The molecule has 0 aliphatic rings. The number of rotatable bonds is 3. The third kappa shape index (κ3) is 2.29. The Balaban J connectivity index is 3.20. The van der Waals surface area contributed by atoms with Gasteiger partial charge in [-0.2, -0.15) is 0 Å². The Hall–Kier alpha value is -0.410. The van der Waals surface area contributed by atoms with Gasteiger partial charge in [0.1, 0.15) is 11.5 Å². The first-order valence-corrected chi connectivity index (χ1v) is 5.02. The van der Waals surface area contributed by atoms with E-state index in [9.17, 15) is 0 Å². The third-order valence-electron chi connectivity index (χ3n) is 1.69. The molecule has 4 heteroatoms. The Morgan fingerprint density at radius 2 is 2.00 bits per heavy atom. The number of benzene rings is 1. The number of alkyl halides is 1. The Bertz CT molecular complexity index is 277. The topological polar surface area (TPSA) is 18.5 Å². The van der Waals surface area contributed by atoms with Crippen molar-refractivity contribution in [1.29, 1.82) is 0 Å². The van der Waals surface area contributed by atoms with Crippen LogP contribution in [-0.4, -0.2) is 14.2 Å². The lowest BCUT2D eigenvalue weighted by molar-refractivity contribution is 0.392. The van der Waals surface area contributed by atoms with Crippen LogP contribution >= 0.6 is 27.5 Å². The SMILES string of the molecule is COc1cc(CCl)c(Br)c(OC)c1. The molecule has 0 N–H and O–H groups in total. The highest BCUT2D eigenvalue weighted by atomic mass is 79.9. The molecule has 0 saturated heterocycles. The van der Waals surface area contributed by atoms with E-state index < -0.39 is 0 Å². The summed E-state index contributed by atoms with van der Waals surface area (Å²) < 4.78 is 11.1. The van der Waals surface area contributed by atoms with E-state index in [0.29, 0.717) is 5.88 Å². The summed E-state index contributed by atoms with van der Waals surface area (Å²) in [4.78, 5) is 0. The Labute approximate surface area is 90.9 Å². The predicted octanol–water partition coefficient (Wildman–Crippen LogP) is 3.21. The maximum Gasteiger partial charge on any atom is 0.137 e. The second kappa shape index (κ2) is 4.72. The standard InChI is InChI=1S/C9H10BrClO2/c1-12-7-3-6(5-11)9(10)8(4-7)13-2/h3-4H,5H2,1-2H3. The number of hydrogen-bond donors (Lipinski definition) is 0. The number of ether oxygens (including phenoxy) is 2. The van der Waals surface area contributed by atoms with Gasteiger partial charge in [0.2, 0.25) is 0 Å². The summed E-state index contributed by atoms with van der Waals surface area (Å²) in [6.45, 7) is 0. The van der Waals surface area contributed by atoms with Gasteiger partial charge in [-0.15, -0.1) is 11.6 Å². The van der Waals surface area contributed by atoms with Gasteiger partial charge in [-0.05, 0) is 27.6 Å². The summed E-state index contributed by atoms with van der Waals surface area (Å²) in [5, 5.41) is 0. The Morgan fingerprint density at radius 3 is 2.46 bits per heavy atom. The number of halogens is 2. The molecule has 0 aliphatic heterocycles. The van der Waals surface area contributed by atoms with Crippen LogP contribution < -0.4 is 9.47 Å². The van der Waals surface area contributed by atoms with E-state index in [1.807, 2.05) is 6.07 Å². The van der Waals surface area contributed by atoms with E-state index in [1.165, 1.54) is 0 Å². The summed E-state index contributed by atoms with van der Waals surface area (Å²) in [6, 6.07) is 3.68. The van der Waals surface area contributed by atoms with Crippen LogP contribution in [0, 0.1) is 0 Å². The van der Waals surface area contributed by atoms with Crippen molar-refractivity contribution < 1.29 is 9.47 Å². The van der Waals surface area contributed by atoms with Crippen LogP contribution in [-0.2, 0) is 5.88 Å².